The van der Waals surface area contributed by atoms with E-state index in [-0.39, 0.29) is 0 Å². The molecular formula is C17H24N6. The van der Waals surface area contributed by atoms with Gasteiger partial charge in [0, 0.05) is 32.7 Å². The lowest BCUT2D eigenvalue weighted by molar-refractivity contribution is 0.269. The van der Waals surface area contributed by atoms with Gasteiger partial charge in [0.1, 0.15) is 0 Å². The molecule has 2 aromatic rings. The SMILES string of the molecule is CCN1CCN(c2nncc(NCCc3ccccc3)n2)CC1. The molecule has 122 valence electrons. The summed E-state index contributed by atoms with van der Waals surface area (Å²) < 4.78 is 0. The van der Waals surface area contributed by atoms with Crippen molar-refractivity contribution in [3.63, 3.8) is 0 Å². The Morgan fingerprint density at radius 2 is 1.87 bits per heavy atom. The van der Waals surface area contributed by atoms with Gasteiger partial charge in [-0.1, -0.05) is 37.3 Å². The van der Waals surface area contributed by atoms with Gasteiger partial charge in [-0.25, -0.2) is 0 Å². The maximum Gasteiger partial charge on any atom is 0.247 e. The molecule has 6 nitrogen and oxygen atoms in total. The molecule has 1 N–H and O–H groups in total. The number of rotatable bonds is 6. The molecule has 0 spiro atoms. The van der Waals surface area contributed by atoms with Crippen molar-refractivity contribution in [2.24, 2.45) is 0 Å². The molecule has 3 rings (SSSR count). The summed E-state index contributed by atoms with van der Waals surface area (Å²) in [5, 5.41) is 11.6. The van der Waals surface area contributed by atoms with Crippen LogP contribution >= 0.6 is 0 Å². The number of likely N-dealkylation sites (N-methyl/N-ethyl adjacent to an activating group) is 1. The van der Waals surface area contributed by atoms with E-state index in [9.17, 15) is 0 Å². The van der Waals surface area contributed by atoms with Crippen molar-refractivity contribution in [2.75, 3.05) is 49.5 Å². The van der Waals surface area contributed by atoms with Crippen LogP contribution in [0.25, 0.3) is 0 Å². The van der Waals surface area contributed by atoms with Gasteiger partial charge in [-0.3, -0.25) is 0 Å². The zero-order valence-electron chi connectivity index (χ0n) is 13.6. The number of nitrogens with one attached hydrogen (secondary N) is 1. The summed E-state index contributed by atoms with van der Waals surface area (Å²) >= 11 is 0. The number of aromatic nitrogens is 3. The molecule has 0 radical (unpaired) electrons. The first kappa shape index (κ1) is 15.7. The minimum atomic E-state index is 0.727. The fraction of sp³-hybridized carbons (Fsp3) is 0.471. The quantitative estimate of drug-likeness (QED) is 0.875. The van der Waals surface area contributed by atoms with Crippen LogP contribution in [0.1, 0.15) is 12.5 Å². The number of hydrogen-bond acceptors (Lipinski definition) is 6. The molecule has 0 bridgehead atoms. The highest BCUT2D eigenvalue weighted by Gasteiger charge is 2.18. The minimum Gasteiger partial charge on any atom is -0.368 e. The summed E-state index contributed by atoms with van der Waals surface area (Å²) in [5.74, 6) is 1.52. The summed E-state index contributed by atoms with van der Waals surface area (Å²) in [5.41, 5.74) is 1.32. The molecule has 1 aliphatic heterocycles. The summed E-state index contributed by atoms with van der Waals surface area (Å²) in [4.78, 5) is 9.25. The lowest BCUT2D eigenvalue weighted by Gasteiger charge is -2.33. The van der Waals surface area contributed by atoms with Crippen LogP contribution in [0.15, 0.2) is 36.5 Å². The van der Waals surface area contributed by atoms with Crippen LogP contribution in [-0.4, -0.2) is 59.3 Å². The highest BCUT2D eigenvalue weighted by atomic mass is 15.4. The second kappa shape index (κ2) is 7.87. The van der Waals surface area contributed by atoms with Crippen LogP contribution in [0.3, 0.4) is 0 Å². The molecule has 1 aliphatic rings. The Morgan fingerprint density at radius 3 is 2.61 bits per heavy atom. The summed E-state index contributed by atoms with van der Waals surface area (Å²) in [6, 6.07) is 10.4. The molecule has 1 saturated heterocycles. The number of benzene rings is 1. The molecule has 0 unspecified atom stereocenters. The number of nitrogens with zero attached hydrogens (tertiary/aromatic N) is 5. The zero-order valence-corrected chi connectivity index (χ0v) is 13.6. The monoisotopic (exact) mass is 312 g/mol. The van der Waals surface area contributed by atoms with Crippen molar-refractivity contribution in [3.8, 4) is 0 Å². The normalized spacial score (nSPS) is 15.6. The number of hydrogen-bond donors (Lipinski definition) is 1. The van der Waals surface area contributed by atoms with Crippen molar-refractivity contribution < 1.29 is 0 Å². The van der Waals surface area contributed by atoms with Crippen molar-refractivity contribution in [3.05, 3.63) is 42.1 Å². The van der Waals surface area contributed by atoms with Gasteiger partial charge in [0.25, 0.3) is 0 Å². The topological polar surface area (TPSA) is 57.2 Å². The molecular weight excluding hydrogens is 288 g/mol. The predicted octanol–water partition coefficient (Wildman–Crippen LogP) is 1.67. The molecule has 0 atom stereocenters. The molecule has 0 amide bonds. The summed E-state index contributed by atoms with van der Waals surface area (Å²) in [6.07, 6.45) is 2.66. The van der Waals surface area contributed by atoms with Crippen LogP contribution in [0.2, 0.25) is 0 Å². The third kappa shape index (κ3) is 4.39. The van der Waals surface area contributed by atoms with E-state index in [4.69, 9.17) is 0 Å². The Balaban J connectivity index is 1.53. The fourth-order valence-electron chi connectivity index (χ4n) is 2.76. The Bertz CT molecular complexity index is 595. The maximum atomic E-state index is 4.60. The molecule has 6 heteroatoms. The van der Waals surface area contributed by atoms with Gasteiger partial charge in [0.2, 0.25) is 5.95 Å². The highest BCUT2D eigenvalue weighted by Crippen LogP contribution is 2.12. The van der Waals surface area contributed by atoms with Crippen molar-refractivity contribution in [1.82, 2.24) is 20.1 Å². The van der Waals surface area contributed by atoms with Crippen LogP contribution in [0, 0.1) is 0 Å². The second-order valence-corrected chi connectivity index (χ2v) is 5.73. The van der Waals surface area contributed by atoms with E-state index < -0.39 is 0 Å². The van der Waals surface area contributed by atoms with E-state index in [1.165, 1.54) is 5.56 Å². The molecule has 0 saturated carbocycles. The molecule has 1 aromatic carbocycles. The molecule has 1 fully saturated rings. The standard InChI is InChI=1S/C17H24N6/c1-2-22-10-12-23(13-11-22)17-20-16(14-19-21-17)18-9-8-15-6-4-3-5-7-15/h3-7,14H,2,8-13H2,1H3,(H,18,20,21). The van der Waals surface area contributed by atoms with Gasteiger partial charge in [-0.15, -0.1) is 5.10 Å². The van der Waals surface area contributed by atoms with Crippen molar-refractivity contribution >= 4 is 11.8 Å². The van der Waals surface area contributed by atoms with E-state index in [1.54, 1.807) is 6.20 Å². The van der Waals surface area contributed by atoms with E-state index in [2.05, 4.69) is 61.5 Å². The van der Waals surface area contributed by atoms with Gasteiger partial charge in [0.05, 0.1) is 6.20 Å². The largest absolute Gasteiger partial charge is 0.368 e. The predicted molar refractivity (Wildman–Crippen MR) is 92.8 cm³/mol. The summed E-state index contributed by atoms with van der Waals surface area (Å²) in [7, 11) is 0. The van der Waals surface area contributed by atoms with Crippen molar-refractivity contribution in [1.29, 1.82) is 0 Å². The Morgan fingerprint density at radius 1 is 1.09 bits per heavy atom. The third-order valence-corrected chi connectivity index (χ3v) is 4.21. The minimum absolute atomic E-state index is 0.727. The smallest absolute Gasteiger partial charge is 0.247 e. The second-order valence-electron chi connectivity index (χ2n) is 5.73. The Hall–Kier alpha value is -2.21. The van der Waals surface area contributed by atoms with Gasteiger partial charge in [-0.2, -0.15) is 10.1 Å². The van der Waals surface area contributed by atoms with Crippen LogP contribution in [0.5, 0.6) is 0 Å². The average molecular weight is 312 g/mol. The van der Waals surface area contributed by atoms with Gasteiger partial charge < -0.3 is 15.1 Å². The number of piperazine rings is 1. The number of anilines is 2. The summed E-state index contributed by atoms with van der Waals surface area (Å²) in [6.45, 7) is 8.19. The van der Waals surface area contributed by atoms with E-state index in [0.29, 0.717) is 0 Å². The average Bonchev–Trinajstić information content (AvgIpc) is 2.63. The van der Waals surface area contributed by atoms with E-state index in [1.807, 2.05) is 6.07 Å². The molecule has 2 heterocycles. The molecule has 23 heavy (non-hydrogen) atoms. The van der Waals surface area contributed by atoms with E-state index in [0.717, 1.165) is 57.5 Å². The van der Waals surface area contributed by atoms with Crippen LogP contribution in [-0.2, 0) is 6.42 Å². The highest BCUT2D eigenvalue weighted by molar-refractivity contribution is 5.39. The van der Waals surface area contributed by atoms with Gasteiger partial charge in [-0.05, 0) is 18.5 Å². The first-order valence-electron chi connectivity index (χ1n) is 8.30. The zero-order chi connectivity index (χ0) is 15.9. The van der Waals surface area contributed by atoms with Crippen LogP contribution in [0.4, 0.5) is 11.8 Å². The third-order valence-electron chi connectivity index (χ3n) is 4.21. The maximum absolute atomic E-state index is 4.60. The van der Waals surface area contributed by atoms with Crippen LogP contribution < -0.4 is 10.2 Å². The first-order valence-corrected chi connectivity index (χ1v) is 8.30. The Labute approximate surface area is 137 Å². The lowest BCUT2D eigenvalue weighted by atomic mass is 10.1. The van der Waals surface area contributed by atoms with Gasteiger partial charge in [0.15, 0.2) is 5.82 Å². The van der Waals surface area contributed by atoms with Gasteiger partial charge >= 0.3 is 0 Å². The lowest BCUT2D eigenvalue weighted by Crippen LogP contribution is -2.46. The fourth-order valence-corrected chi connectivity index (χ4v) is 2.76. The Kier molecular flexibility index (Phi) is 5.37. The molecule has 1 aromatic heterocycles. The molecule has 0 aliphatic carbocycles. The van der Waals surface area contributed by atoms with Crippen molar-refractivity contribution in [2.45, 2.75) is 13.3 Å². The van der Waals surface area contributed by atoms with E-state index >= 15 is 0 Å². The first-order chi connectivity index (χ1) is 11.3.